The second-order valence-electron chi connectivity index (χ2n) is 6.93. The number of aromatic nitrogens is 2. The van der Waals surface area contributed by atoms with Crippen LogP contribution in [0.3, 0.4) is 0 Å². The van der Waals surface area contributed by atoms with Crippen LogP contribution in [0.4, 0.5) is 11.6 Å². The lowest BCUT2D eigenvalue weighted by Crippen LogP contribution is -2.30. The average Bonchev–Trinajstić information content (AvgIpc) is 2.45. The molecule has 0 atom stereocenters. The van der Waals surface area contributed by atoms with E-state index in [1.54, 1.807) is 0 Å². The molecule has 1 saturated carbocycles. The van der Waals surface area contributed by atoms with Gasteiger partial charge in [0.05, 0.1) is 0 Å². The minimum absolute atomic E-state index is 0.502. The molecule has 1 aliphatic rings. The summed E-state index contributed by atoms with van der Waals surface area (Å²) in [7, 11) is 0. The first-order valence-electron chi connectivity index (χ1n) is 8.33. The van der Waals surface area contributed by atoms with Crippen molar-refractivity contribution in [2.75, 3.05) is 17.2 Å². The number of anilines is 2. The summed E-state index contributed by atoms with van der Waals surface area (Å²) in [6.07, 6.45) is 5.90. The van der Waals surface area contributed by atoms with Crippen molar-refractivity contribution in [2.45, 2.75) is 72.8 Å². The smallest absolute Gasteiger partial charge is 0.134 e. The Morgan fingerprint density at radius 1 is 1.10 bits per heavy atom. The van der Waals surface area contributed by atoms with E-state index in [0.717, 1.165) is 36.0 Å². The molecule has 1 heterocycles. The highest BCUT2D eigenvalue weighted by Crippen LogP contribution is 2.36. The zero-order chi connectivity index (χ0) is 15.5. The van der Waals surface area contributed by atoms with E-state index in [4.69, 9.17) is 4.98 Å². The zero-order valence-electron chi connectivity index (χ0n) is 14.2. The van der Waals surface area contributed by atoms with Gasteiger partial charge in [-0.25, -0.2) is 9.97 Å². The van der Waals surface area contributed by atoms with Gasteiger partial charge in [-0.15, -0.1) is 0 Å². The minimum Gasteiger partial charge on any atom is -0.370 e. The fourth-order valence-corrected chi connectivity index (χ4v) is 2.94. The topological polar surface area (TPSA) is 49.8 Å². The van der Waals surface area contributed by atoms with Gasteiger partial charge in [-0.1, -0.05) is 20.8 Å². The summed E-state index contributed by atoms with van der Waals surface area (Å²) in [5.74, 6) is 2.90. The van der Waals surface area contributed by atoms with E-state index in [1.165, 1.54) is 25.7 Å². The third-order valence-electron chi connectivity index (χ3n) is 4.53. The molecule has 1 aromatic heterocycles. The number of hydrogen-bond donors (Lipinski definition) is 2. The van der Waals surface area contributed by atoms with Gasteiger partial charge in [-0.3, -0.25) is 0 Å². The van der Waals surface area contributed by atoms with Crippen LogP contribution >= 0.6 is 0 Å². The third kappa shape index (κ3) is 4.08. The average molecular weight is 290 g/mol. The van der Waals surface area contributed by atoms with Crippen LogP contribution < -0.4 is 10.6 Å². The number of hydrogen-bond acceptors (Lipinski definition) is 4. The molecule has 0 amide bonds. The molecule has 0 saturated heterocycles. The largest absolute Gasteiger partial charge is 0.370 e. The van der Waals surface area contributed by atoms with Crippen LogP contribution in [0, 0.1) is 12.3 Å². The van der Waals surface area contributed by atoms with E-state index in [1.807, 2.05) is 0 Å². The normalized spacial score (nSPS) is 18.5. The fraction of sp³-hybridized carbons (Fsp3) is 0.765. The molecule has 4 heteroatoms. The summed E-state index contributed by atoms with van der Waals surface area (Å²) in [6.45, 7) is 11.9. The Morgan fingerprint density at radius 2 is 1.71 bits per heavy atom. The summed E-state index contributed by atoms with van der Waals surface area (Å²) in [5, 5.41) is 7.02. The van der Waals surface area contributed by atoms with Gasteiger partial charge in [-0.2, -0.15) is 0 Å². The molecule has 1 fully saturated rings. The quantitative estimate of drug-likeness (QED) is 0.855. The van der Waals surface area contributed by atoms with E-state index in [2.05, 4.69) is 50.2 Å². The van der Waals surface area contributed by atoms with Gasteiger partial charge in [0.1, 0.15) is 17.5 Å². The molecular weight excluding hydrogens is 260 g/mol. The zero-order valence-corrected chi connectivity index (χ0v) is 14.2. The van der Waals surface area contributed by atoms with E-state index in [9.17, 15) is 0 Å². The molecule has 4 nitrogen and oxygen atoms in total. The predicted molar refractivity (Wildman–Crippen MR) is 90.0 cm³/mol. The minimum atomic E-state index is 0.502. The van der Waals surface area contributed by atoms with Crippen LogP contribution in [0.1, 0.15) is 64.8 Å². The van der Waals surface area contributed by atoms with E-state index < -0.39 is 0 Å². The van der Waals surface area contributed by atoms with Gasteiger partial charge in [0.25, 0.3) is 0 Å². The summed E-state index contributed by atoms with van der Waals surface area (Å²) in [5.41, 5.74) is 1.64. The Balaban J connectivity index is 2.13. The SMILES string of the molecule is CCNc1nc(CC)nc(NC2CCC(C)(C)CC2)c1C. The second-order valence-corrected chi connectivity index (χ2v) is 6.93. The van der Waals surface area contributed by atoms with Crippen molar-refractivity contribution in [1.82, 2.24) is 9.97 Å². The van der Waals surface area contributed by atoms with Gasteiger partial charge in [-0.05, 0) is 44.9 Å². The maximum Gasteiger partial charge on any atom is 0.134 e. The van der Waals surface area contributed by atoms with Crippen molar-refractivity contribution < 1.29 is 0 Å². The van der Waals surface area contributed by atoms with Gasteiger partial charge in [0.15, 0.2) is 0 Å². The van der Waals surface area contributed by atoms with Crippen molar-refractivity contribution in [3.8, 4) is 0 Å². The molecule has 0 radical (unpaired) electrons. The van der Waals surface area contributed by atoms with Gasteiger partial charge >= 0.3 is 0 Å². The van der Waals surface area contributed by atoms with Crippen LogP contribution in [-0.4, -0.2) is 22.6 Å². The Labute approximate surface area is 129 Å². The molecule has 0 spiro atoms. The molecule has 2 rings (SSSR count). The summed E-state index contributed by atoms with van der Waals surface area (Å²) < 4.78 is 0. The molecule has 1 aliphatic carbocycles. The number of rotatable bonds is 5. The van der Waals surface area contributed by atoms with Gasteiger partial charge in [0, 0.05) is 24.6 Å². The number of nitrogens with one attached hydrogen (secondary N) is 2. The highest BCUT2D eigenvalue weighted by molar-refractivity contribution is 5.57. The first-order chi connectivity index (χ1) is 9.95. The van der Waals surface area contributed by atoms with Crippen molar-refractivity contribution in [3.05, 3.63) is 11.4 Å². The fourth-order valence-electron chi connectivity index (χ4n) is 2.94. The first kappa shape index (κ1) is 16.1. The van der Waals surface area contributed by atoms with Crippen molar-refractivity contribution >= 4 is 11.6 Å². The summed E-state index contributed by atoms with van der Waals surface area (Å²) >= 11 is 0. The Kier molecular flexibility index (Phi) is 5.07. The van der Waals surface area contributed by atoms with Gasteiger partial charge < -0.3 is 10.6 Å². The molecule has 2 N–H and O–H groups in total. The van der Waals surface area contributed by atoms with Crippen molar-refractivity contribution in [1.29, 1.82) is 0 Å². The Bertz CT molecular complexity index is 472. The molecule has 0 aromatic carbocycles. The Morgan fingerprint density at radius 3 is 2.29 bits per heavy atom. The van der Waals surface area contributed by atoms with Crippen LogP contribution in [0.5, 0.6) is 0 Å². The maximum absolute atomic E-state index is 4.70. The van der Waals surface area contributed by atoms with Crippen LogP contribution in [0.25, 0.3) is 0 Å². The highest BCUT2D eigenvalue weighted by atomic mass is 15.1. The lowest BCUT2D eigenvalue weighted by atomic mass is 9.75. The van der Waals surface area contributed by atoms with Crippen molar-refractivity contribution in [3.63, 3.8) is 0 Å². The molecule has 21 heavy (non-hydrogen) atoms. The highest BCUT2D eigenvalue weighted by Gasteiger charge is 2.27. The molecule has 0 unspecified atom stereocenters. The maximum atomic E-state index is 4.70. The molecule has 0 aliphatic heterocycles. The Hall–Kier alpha value is -1.32. The standard InChI is InChI=1S/C17H30N4/c1-6-14-20-15(18-7-2)12(3)16(21-14)19-13-8-10-17(4,5)11-9-13/h13H,6-11H2,1-5H3,(H2,18,19,20,21). The molecule has 118 valence electrons. The molecular formula is C17H30N4. The third-order valence-corrected chi connectivity index (χ3v) is 4.53. The van der Waals surface area contributed by atoms with Crippen molar-refractivity contribution in [2.24, 2.45) is 5.41 Å². The van der Waals surface area contributed by atoms with E-state index in [0.29, 0.717) is 11.5 Å². The first-order valence-corrected chi connectivity index (χ1v) is 8.33. The van der Waals surface area contributed by atoms with Crippen LogP contribution in [0.15, 0.2) is 0 Å². The predicted octanol–water partition coefficient (Wildman–Crippen LogP) is 4.16. The van der Waals surface area contributed by atoms with Crippen LogP contribution in [0.2, 0.25) is 0 Å². The van der Waals surface area contributed by atoms with Gasteiger partial charge in [0.2, 0.25) is 0 Å². The summed E-state index contributed by atoms with van der Waals surface area (Å²) in [6, 6.07) is 0.547. The second kappa shape index (κ2) is 6.63. The number of aryl methyl sites for hydroxylation is 1. The van der Waals surface area contributed by atoms with Crippen LogP contribution in [-0.2, 0) is 6.42 Å². The summed E-state index contributed by atoms with van der Waals surface area (Å²) in [4.78, 5) is 9.30. The lowest BCUT2D eigenvalue weighted by molar-refractivity contribution is 0.232. The van der Waals surface area contributed by atoms with E-state index >= 15 is 0 Å². The number of nitrogens with zero attached hydrogens (tertiary/aromatic N) is 2. The van der Waals surface area contributed by atoms with E-state index in [-0.39, 0.29) is 0 Å². The molecule has 0 bridgehead atoms. The monoisotopic (exact) mass is 290 g/mol. The molecule has 1 aromatic rings. The lowest BCUT2D eigenvalue weighted by Gasteiger charge is -2.35.